The lowest BCUT2D eigenvalue weighted by Crippen LogP contribution is -2.30. The molecule has 2 amide bonds. The Morgan fingerprint density at radius 3 is 2.43 bits per heavy atom. The first kappa shape index (κ1) is 25.5. The number of aromatic hydroxyl groups is 1. The van der Waals surface area contributed by atoms with Gasteiger partial charge < -0.3 is 14.6 Å². The minimum absolute atomic E-state index is 0.150. The molecule has 35 heavy (non-hydrogen) atoms. The molecule has 0 aliphatic heterocycles. The Hall–Kier alpha value is -4.08. The Morgan fingerprint density at radius 1 is 1.06 bits per heavy atom. The molecule has 3 aromatic carbocycles. The summed E-state index contributed by atoms with van der Waals surface area (Å²) in [4.78, 5) is 24.5. The molecule has 0 saturated heterocycles. The summed E-state index contributed by atoms with van der Waals surface area (Å²) in [5, 5.41) is 30.9. The molecule has 0 heterocycles. The van der Waals surface area contributed by atoms with E-state index in [1.165, 1.54) is 29.8 Å². The van der Waals surface area contributed by atoms with Gasteiger partial charge in [-0.25, -0.2) is 10.3 Å². The molecule has 0 fully saturated rings. The number of nitrogens with one attached hydrogen (secondary N) is 2. The van der Waals surface area contributed by atoms with E-state index in [-0.39, 0.29) is 11.3 Å². The zero-order chi connectivity index (χ0) is 25.2. The zero-order valence-corrected chi connectivity index (χ0v) is 20.2. The van der Waals surface area contributed by atoms with Crippen molar-refractivity contribution in [2.45, 2.75) is 12.2 Å². The molecule has 178 valence electrons. The molecule has 9 nitrogen and oxygen atoms in total. The molecule has 4 N–H and O–H groups in total. The van der Waals surface area contributed by atoms with Crippen LogP contribution in [0.4, 0.5) is 10.5 Å². The van der Waals surface area contributed by atoms with Crippen molar-refractivity contribution < 1.29 is 29.4 Å². The highest BCUT2D eigenvalue weighted by Gasteiger charge is 2.30. The molecule has 3 aromatic rings. The van der Waals surface area contributed by atoms with Crippen LogP contribution < -0.4 is 15.5 Å². The van der Waals surface area contributed by atoms with E-state index in [1.54, 1.807) is 54.6 Å². The van der Waals surface area contributed by atoms with Gasteiger partial charge in [0.15, 0.2) is 12.2 Å². The van der Waals surface area contributed by atoms with Crippen molar-refractivity contribution in [2.75, 3.05) is 5.32 Å². The Morgan fingerprint density at radius 2 is 1.77 bits per heavy atom. The molecule has 0 aliphatic rings. The number of hydrogen-bond acceptors (Lipinski definition) is 7. The number of phenolic OH excluding ortho intramolecular Hbond substituents is 1. The highest BCUT2D eigenvalue weighted by atomic mass is 127. The van der Waals surface area contributed by atoms with E-state index < -0.39 is 24.2 Å². The lowest BCUT2D eigenvalue weighted by Gasteiger charge is -2.27. The number of anilines is 1. The van der Waals surface area contributed by atoms with Crippen molar-refractivity contribution in [1.29, 1.82) is 5.26 Å². The predicted molar refractivity (Wildman–Crippen MR) is 135 cm³/mol. The Balaban J connectivity index is 1.97. The van der Waals surface area contributed by atoms with E-state index in [1.807, 2.05) is 28.7 Å². The number of phenols is 1. The van der Waals surface area contributed by atoms with Crippen LogP contribution in [0.1, 0.15) is 17.2 Å². The van der Waals surface area contributed by atoms with Gasteiger partial charge in [0.25, 0.3) is 5.91 Å². The third-order valence-corrected chi connectivity index (χ3v) is 5.32. The van der Waals surface area contributed by atoms with Crippen molar-refractivity contribution >= 4 is 40.3 Å². The number of carbonyl (C=O) groups excluding carboxylic acids is 2. The number of hydrogen-bond donors (Lipinski definition) is 4. The van der Waals surface area contributed by atoms with Gasteiger partial charge >= 0.3 is 6.09 Å². The Bertz CT molecular complexity index is 1240. The quantitative estimate of drug-likeness (QED) is 0.130. The zero-order valence-electron chi connectivity index (χ0n) is 18.1. The summed E-state index contributed by atoms with van der Waals surface area (Å²) in [6, 6.07) is 21.5. The van der Waals surface area contributed by atoms with Gasteiger partial charge in [-0.2, -0.15) is 5.26 Å². The van der Waals surface area contributed by atoms with Gasteiger partial charge in [-0.1, -0.05) is 18.2 Å². The molecule has 0 unspecified atom stereocenters. The normalized spacial score (nSPS) is 12.3. The number of carbonyl (C=O) groups is 2. The van der Waals surface area contributed by atoms with E-state index >= 15 is 0 Å². The molecule has 0 aromatic heterocycles. The summed E-state index contributed by atoms with van der Waals surface area (Å²) in [5.74, 6) is -0.555. The number of rotatable bonds is 8. The van der Waals surface area contributed by atoms with Crippen LogP contribution in [0.3, 0.4) is 0 Å². The maximum atomic E-state index is 12.8. The molecule has 0 saturated carbocycles. The number of halogens is 1. The van der Waals surface area contributed by atoms with E-state index in [2.05, 4.69) is 5.32 Å². The van der Waals surface area contributed by atoms with Gasteiger partial charge in [-0.3, -0.25) is 15.3 Å². The minimum atomic E-state index is -1.20. The van der Waals surface area contributed by atoms with Crippen molar-refractivity contribution in [2.24, 2.45) is 0 Å². The fraction of sp³-hybridized carbons (Fsp3) is 0.0800. The molecule has 0 aliphatic carbocycles. The summed E-state index contributed by atoms with van der Waals surface area (Å²) >= 11 is 2.05. The summed E-state index contributed by atoms with van der Waals surface area (Å²) in [6.45, 7) is 0. The number of para-hydroxylation sites is 1. The highest BCUT2D eigenvalue weighted by molar-refractivity contribution is 14.1. The van der Waals surface area contributed by atoms with Crippen LogP contribution >= 0.6 is 22.6 Å². The molecule has 3 rings (SSSR count). The molecule has 0 radical (unpaired) electrons. The fourth-order valence-electron chi connectivity index (χ4n) is 3.03. The van der Waals surface area contributed by atoms with Gasteiger partial charge in [0, 0.05) is 20.9 Å². The van der Waals surface area contributed by atoms with Crippen molar-refractivity contribution in [3.05, 3.63) is 99.6 Å². The molecular weight excluding hydrogens is 565 g/mol. The highest BCUT2D eigenvalue weighted by Crippen LogP contribution is 2.34. The standard InChI is InChI=1S/C25H20IN3O6/c26-17-8-11-21(30)20(14-17)24(35-25(32)28-18-9-6-16(15-27)7-10-18)22(12-13-23(31)29-33)34-19-4-2-1-3-5-19/h1-14,22,24,30,33H,(H,28,32)(H,29,31)/b13-12+/t22-,24-/m0/s1. The lowest BCUT2D eigenvalue weighted by atomic mass is 10.0. The number of benzene rings is 3. The second kappa shape index (κ2) is 12.4. The van der Waals surface area contributed by atoms with Crippen molar-refractivity contribution in [3.63, 3.8) is 0 Å². The Labute approximate surface area is 214 Å². The fourth-order valence-corrected chi connectivity index (χ4v) is 3.54. The SMILES string of the molecule is N#Cc1ccc(NC(=O)O[C@@H](c2cc(I)ccc2O)[C@H](/C=C/C(=O)NO)Oc2ccccc2)cc1. The van der Waals surface area contributed by atoms with Crippen LogP contribution in [0, 0.1) is 14.9 Å². The van der Waals surface area contributed by atoms with Crippen LogP contribution in [0.5, 0.6) is 11.5 Å². The summed E-state index contributed by atoms with van der Waals surface area (Å²) in [7, 11) is 0. The van der Waals surface area contributed by atoms with Gasteiger partial charge in [0.1, 0.15) is 11.5 Å². The van der Waals surface area contributed by atoms with E-state index in [9.17, 15) is 14.7 Å². The first-order valence-electron chi connectivity index (χ1n) is 10.2. The Kier molecular flexibility index (Phi) is 9.05. The van der Waals surface area contributed by atoms with E-state index in [4.69, 9.17) is 19.9 Å². The second-order valence-electron chi connectivity index (χ2n) is 7.07. The minimum Gasteiger partial charge on any atom is -0.508 e. The smallest absolute Gasteiger partial charge is 0.412 e. The molecule has 0 bridgehead atoms. The second-order valence-corrected chi connectivity index (χ2v) is 8.32. The summed E-state index contributed by atoms with van der Waals surface area (Å²) < 4.78 is 12.4. The summed E-state index contributed by atoms with van der Waals surface area (Å²) in [6.07, 6.45) is -0.818. The van der Waals surface area contributed by atoms with Crippen molar-refractivity contribution in [3.8, 4) is 17.6 Å². The molecular formula is C25H20IN3O6. The maximum absolute atomic E-state index is 12.8. The average Bonchev–Trinajstić information content (AvgIpc) is 2.87. The maximum Gasteiger partial charge on any atom is 0.412 e. The number of nitriles is 1. The molecule has 0 spiro atoms. The van der Waals surface area contributed by atoms with Gasteiger partial charge in [0.05, 0.1) is 11.6 Å². The number of ether oxygens (including phenoxy) is 2. The monoisotopic (exact) mass is 585 g/mol. The first-order chi connectivity index (χ1) is 16.9. The topological polar surface area (TPSA) is 141 Å². The van der Waals surface area contributed by atoms with Crippen LogP contribution in [-0.2, 0) is 9.53 Å². The first-order valence-corrected chi connectivity index (χ1v) is 11.3. The van der Waals surface area contributed by atoms with Gasteiger partial charge in [0.2, 0.25) is 0 Å². The lowest BCUT2D eigenvalue weighted by molar-refractivity contribution is -0.124. The number of hydroxylamine groups is 1. The van der Waals surface area contributed by atoms with Gasteiger partial charge in [-0.15, -0.1) is 0 Å². The molecule has 10 heteroatoms. The number of amides is 2. The average molecular weight is 585 g/mol. The van der Waals surface area contributed by atoms with Crippen LogP contribution in [-0.4, -0.2) is 28.4 Å². The summed E-state index contributed by atoms with van der Waals surface area (Å²) in [5.41, 5.74) is 2.54. The predicted octanol–water partition coefficient (Wildman–Crippen LogP) is 4.67. The van der Waals surface area contributed by atoms with Crippen LogP contribution in [0.25, 0.3) is 0 Å². The van der Waals surface area contributed by atoms with Crippen molar-refractivity contribution in [1.82, 2.24) is 5.48 Å². The molecule has 2 atom stereocenters. The largest absolute Gasteiger partial charge is 0.508 e. The van der Waals surface area contributed by atoms with Crippen LogP contribution in [0.2, 0.25) is 0 Å². The van der Waals surface area contributed by atoms with Gasteiger partial charge in [-0.05, 0) is 83.3 Å². The van der Waals surface area contributed by atoms with E-state index in [0.717, 1.165) is 9.65 Å². The van der Waals surface area contributed by atoms with E-state index in [0.29, 0.717) is 17.0 Å². The number of nitrogens with zero attached hydrogens (tertiary/aromatic N) is 1. The third kappa shape index (κ3) is 7.46. The third-order valence-electron chi connectivity index (χ3n) is 4.65. The van der Waals surface area contributed by atoms with Crippen LogP contribution in [0.15, 0.2) is 84.9 Å².